The maximum atomic E-state index is 10.6. The molecule has 0 radical (unpaired) electrons. The van der Waals surface area contributed by atoms with Crippen molar-refractivity contribution in [2.24, 2.45) is 5.92 Å². The molecule has 0 aromatic carbocycles. The van der Waals surface area contributed by atoms with Crippen molar-refractivity contribution in [1.29, 1.82) is 0 Å². The Morgan fingerprint density at radius 2 is 2.19 bits per heavy atom. The summed E-state index contributed by atoms with van der Waals surface area (Å²) in [6.07, 6.45) is 7.81. The van der Waals surface area contributed by atoms with Crippen molar-refractivity contribution >= 4 is 17.6 Å². The van der Waals surface area contributed by atoms with Crippen LogP contribution in [-0.2, 0) is 4.79 Å². The number of nitrogens with zero attached hydrogens (tertiary/aromatic N) is 2. The van der Waals surface area contributed by atoms with Crippen molar-refractivity contribution < 1.29 is 9.90 Å². The van der Waals surface area contributed by atoms with Gasteiger partial charge in [0.15, 0.2) is 0 Å². The molecule has 1 heterocycles. The SMILES string of the molecule is O=C(O)CC1CCC(n2ccnc2Cl)CC1. The summed E-state index contributed by atoms with van der Waals surface area (Å²) in [5.41, 5.74) is 0. The second-order valence-electron chi connectivity index (χ2n) is 4.38. The van der Waals surface area contributed by atoms with Gasteiger partial charge in [0.25, 0.3) is 0 Å². The number of halogens is 1. The number of aliphatic carboxylic acids is 1. The molecular formula is C11H15ClN2O2. The van der Waals surface area contributed by atoms with E-state index in [1.807, 2.05) is 10.8 Å². The van der Waals surface area contributed by atoms with E-state index in [9.17, 15) is 4.79 Å². The molecule has 0 saturated heterocycles. The third kappa shape index (κ3) is 2.55. The van der Waals surface area contributed by atoms with Crippen molar-refractivity contribution in [3.63, 3.8) is 0 Å². The average molecular weight is 243 g/mol. The van der Waals surface area contributed by atoms with E-state index in [4.69, 9.17) is 16.7 Å². The normalized spacial score (nSPS) is 25.6. The summed E-state index contributed by atoms with van der Waals surface area (Å²) in [7, 11) is 0. The number of carbonyl (C=O) groups is 1. The minimum atomic E-state index is -0.691. The first-order valence-electron chi connectivity index (χ1n) is 5.57. The highest BCUT2D eigenvalue weighted by molar-refractivity contribution is 6.28. The van der Waals surface area contributed by atoms with Gasteiger partial charge in [-0.3, -0.25) is 4.79 Å². The highest BCUT2D eigenvalue weighted by Crippen LogP contribution is 2.34. The Kier molecular flexibility index (Phi) is 3.49. The van der Waals surface area contributed by atoms with Crippen LogP contribution >= 0.6 is 11.6 Å². The van der Waals surface area contributed by atoms with E-state index in [2.05, 4.69) is 4.98 Å². The number of rotatable bonds is 3. The van der Waals surface area contributed by atoms with Gasteiger partial charge in [0, 0.05) is 24.9 Å². The first-order chi connectivity index (χ1) is 7.66. The molecular weight excluding hydrogens is 228 g/mol. The predicted octanol–water partition coefficient (Wildman–Crippen LogP) is 2.74. The lowest BCUT2D eigenvalue weighted by molar-refractivity contribution is -0.138. The van der Waals surface area contributed by atoms with Crippen molar-refractivity contribution in [3.8, 4) is 0 Å². The van der Waals surface area contributed by atoms with Crippen molar-refractivity contribution in [3.05, 3.63) is 17.7 Å². The van der Waals surface area contributed by atoms with Crippen LogP contribution in [0.2, 0.25) is 5.28 Å². The number of carboxylic acids is 1. The summed E-state index contributed by atoms with van der Waals surface area (Å²) < 4.78 is 1.98. The van der Waals surface area contributed by atoms with Gasteiger partial charge in [0.05, 0.1) is 0 Å². The molecule has 88 valence electrons. The Bertz CT molecular complexity index is 370. The number of aromatic nitrogens is 2. The lowest BCUT2D eigenvalue weighted by Crippen LogP contribution is -2.19. The second kappa shape index (κ2) is 4.87. The van der Waals surface area contributed by atoms with Crippen LogP contribution in [0.15, 0.2) is 12.4 Å². The highest BCUT2D eigenvalue weighted by Gasteiger charge is 2.24. The molecule has 0 unspecified atom stereocenters. The third-order valence-corrected chi connectivity index (χ3v) is 3.59. The molecule has 5 heteroatoms. The van der Waals surface area contributed by atoms with Gasteiger partial charge in [0.1, 0.15) is 0 Å². The molecule has 1 N–H and O–H groups in total. The molecule has 2 rings (SSSR count). The zero-order chi connectivity index (χ0) is 11.5. The maximum Gasteiger partial charge on any atom is 0.303 e. The van der Waals surface area contributed by atoms with Gasteiger partial charge in [-0.05, 0) is 43.2 Å². The first kappa shape index (κ1) is 11.5. The zero-order valence-corrected chi connectivity index (χ0v) is 9.73. The molecule has 0 amide bonds. The fourth-order valence-corrected chi connectivity index (χ4v) is 2.69. The molecule has 1 aromatic rings. The Morgan fingerprint density at radius 3 is 2.69 bits per heavy atom. The monoisotopic (exact) mass is 242 g/mol. The standard InChI is InChI=1S/C11H15ClN2O2/c12-11-13-5-6-14(11)9-3-1-8(2-4-9)7-10(15)16/h5-6,8-9H,1-4,7H2,(H,15,16). The molecule has 0 aliphatic heterocycles. The van der Waals surface area contributed by atoms with E-state index in [1.165, 1.54) is 0 Å². The molecule has 4 nitrogen and oxygen atoms in total. The average Bonchev–Trinajstić information content (AvgIpc) is 2.65. The Balaban J connectivity index is 1.90. The Morgan fingerprint density at radius 1 is 1.50 bits per heavy atom. The number of imidazole rings is 1. The lowest BCUT2D eigenvalue weighted by Gasteiger charge is -2.28. The van der Waals surface area contributed by atoms with Crippen molar-refractivity contribution in [2.45, 2.75) is 38.1 Å². The topological polar surface area (TPSA) is 55.1 Å². The van der Waals surface area contributed by atoms with E-state index < -0.39 is 5.97 Å². The molecule has 0 bridgehead atoms. The molecule has 1 fully saturated rings. The van der Waals surface area contributed by atoms with E-state index >= 15 is 0 Å². The molecule has 1 aromatic heterocycles. The minimum Gasteiger partial charge on any atom is -0.481 e. The number of carboxylic acid groups (broad SMARTS) is 1. The van der Waals surface area contributed by atoms with Crippen molar-refractivity contribution in [1.82, 2.24) is 9.55 Å². The summed E-state index contributed by atoms with van der Waals surface area (Å²) >= 11 is 5.95. The molecule has 1 aliphatic carbocycles. The smallest absolute Gasteiger partial charge is 0.303 e. The van der Waals surface area contributed by atoms with E-state index in [0.717, 1.165) is 25.7 Å². The van der Waals surface area contributed by atoms with Crippen LogP contribution in [0.3, 0.4) is 0 Å². The van der Waals surface area contributed by atoms with Crippen LogP contribution in [-0.4, -0.2) is 20.6 Å². The molecule has 0 atom stereocenters. The van der Waals surface area contributed by atoms with Crippen molar-refractivity contribution in [2.75, 3.05) is 0 Å². The van der Waals surface area contributed by atoms with Gasteiger partial charge in [-0.25, -0.2) is 4.98 Å². The van der Waals surface area contributed by atoms with Crippen LogP contribution in [0.4, 0.5) is 0 Å². The highest BCUT2D eigenvalue weighted by atomic mass is 35.5. The van der Waals surface area contributed by atoms with Crippen LogP contribution in [0.25, 0.3) is 0 Å². The van der Waals surface area contributed by atoms with Gasteiger partial charge < -0.3 is 9.67 Å². The van der Waals surface area contributed by atoms with Crippen LogP contribution < -0.4 is 0 Å². The number of hydrogen-bond acceptors (Lipinski definition) is 2. The largest absolute Gasteiger partial charge is 0.481 e. The van der Waals surface area contributed by atoms with Gasteiger partial charge in [-0.15, -0.1) is 0 Å². The van der Waals surface area contributed by atoms with Gasteiger partial charge in [0.2, 0.25) is 5.28 Å². The second-order valence-corrected chi connectivity index (χ2v) is 4.71. The summed E-state index contributed by atoms with van der Waals surface area (Å²) in [6, 6.07) is 0.389. The predicted molar refractivity (Wildman–Crippen MR) is 60.5 cm³/mol. The fourth-order valence-electron chi connectivity index (χ4n) is 2.44. The fraction of sp³-hybridized carbons (Fsp3) is 0.636. The molecule has 0 spiro atoms. The van der Waals surface area contributed by atoms with Crippen LogP contribution in [0, 0.1) is 5.92 Å². The van der Waals surface area contributed by atoms with Gasteiger partial charge >= 0.3 is 5.97 Å². The third-order valence-electron chi connectivity index (χ3n) is 3.29. The Labute approximate surface area is 99.2 Å². The first-order valence-corrected chi connectivity index (χ1v) is 5.94. The summed E-state index contributed by atoms with van der Waals surface area (Å²) in [5, 5.41) is 9.25. The number of hydrogen-bond donors (Lipinski definition) is 1. The maximum absolute atomic E-state index is 10.6. The summed E-state index contributed by atoms with van der Waals surface area (Å²) in [6.45, 7) is 0. The summed E-state index contributed by atoms with van der Waals surface area (Å²) in [4.78, 5) is 14.6. The quantitative estimate of drug-likeness (QED) is 0.887. The van der Waals surface area contributed by atoms with E-state index in [1.54, 1.807) is 6.20 Å². The lowest BCUT2D eigenvalue weighted by atomic mass is 9.84. The molecule has 16 heavy (non-hydrogen) atoms. The minimum absolute atomic E-state index is 0.296. The van der Waals surface area contributed by atoms with E-state index in [-0.39, 0.29) is 0 Å². The molecule has 1 aliphatic rings. The summed E-state index contributed by atoms with van der Waals surface area (Å²) in [5.74, 6) is -0.361. The van der Waals surface area contributed by atoms with E-state index in [0.29, 0.717) is 23.7 Å². The van der Waals surface area contributed by atoms with Crippen LogP contribution in [0.5, 0.6) is 0 Å². The zero-order valence-electron chi connectivity index (χ0n) is 8.97. The molecule has 1 saturated carbocycles. The van der Waals surface area contributed by atoms with Crippen LogP contribution in [0.1, 0.15) is 38.1 Å². The van der Waals surface area contributed by atoms with Gasteiger partial charge in [-0.1, -0.05) is 0 Å². The Hall–Kier alpha value is -1.03. The van der Waals surface area contributed by atoms with Gasteiger partial charge in [-0.2, -0.15) is 0 Å².